The maximum absolute atomic E-state index is 10.9. The molecule has 0 aromatic heterocycles. The van der Waals surface area contributed by atoms with Crippen LogP contribution in [0.15, 0.2) is 24.3 Å². The van der Waals surface area contributed by atoms with Crippen molar-refractivity contribution in [2.75, 3.05) is 18.0 Å². The van der Waals surface area contributed by atoms with Crippen LogP contribution in [0.1, 0.15) is 31.2 Å². The van der Waals surface area contributed by atoms with Crippen molar-refractivity contribution in [2.24, 2.45) is 5.73 Å². The number of nitrogens with zero attached hydrogens (tertiary/aromatic N) is 1. The van der Waals surface area contributed by atoms with Gasteiger partial charge in [-0.2, -0.15) is 0 Å². The lowest BCUT2D eigenvalue weighted by Crippen LogP contribution is -2.29. The third kappa shape index (κ3) is 6.22. The molecule has 5 nitrogen and oxygen atoms in total. The number of aryl methyl sites for hydroxylation is 1. The van der Waals surface area contributed by atoms with Crippen LogP contribution in [0.4, 0.5) is 5.69 Å². The van der Waals surface area contributed by atoms with E-state index in [1.807, 2.05) is 25.1 Å². The number of unbranched alkanes of at least 4 members (excludes halogenated alkanes) is 1. The molecule has 0 unspecified atom stereocenters. The zero-order valence-corrected chi connectivity index (χ0v) is 11.8. The zero-order chi connectivity index (χ0) is 15.0. The summed E-state index contributed by atoms with van der Waals surface area (Å²) in [6.07, 6.45) is 1.89. The predicted octanol–water partition coefficient (Wildman–Crippen LogP) is 1.93. The zero-order valence-electron chi connectivity index (χ0n) is 11.8. The summed E-state index contributed by atoms with van der Waals surface area (Å²) in [5.41, 5.74) is 7.39. The van der Waals surface area contributed by atoms with Crippen LogP contribution in [0, 0.1) is 6.92 Å². The molecule has 1 rings (SSSR count). The Labute approximate surface area is 119 Å². The summed E-state index contributed by atoms with van der Waals surface area (Å²) in [5.74, 6) is -1.10. The quantitative estimate of drug-likeness (QED) is 0.676. The van der Waals surface area contributed by atoms with Crippen molar-refractivity contribution in [2.45, 2.75) is 32.6 Å². The van der Waals surface area contributed by atoms with Crippen molar-refractivity contribution in [3.8, 4) is 0 Å². The lowest BCUT2D eigenvalue weighted by molar-refractivity contribution is -0.137. The van der Waals surface area contributed by atoms with Gasteiger partial charge < -0.3 is 15.7 Å². The number of hydrogen-bond donors (Lipinski definition) is 2. The van der Waals surface area contributed by atoms with E-state index in [0.717, 1.165) is 24.2 Å². The number of carboxylic acids is 1. The molecule has 110 valence electrons. The monoisotopic (exact) mass is 278 g/mol. The first-order valence-corrected chi connectivity index (χ1v) is 6.81. The minimum Gasteiger partial charge on any atom is -0.481 e. The number of primary amides is 1. The first-order valence-electron chi connectivity index (χ1n) is 6.81. The molecule has 0 aliphatic heterocycles. The van der Waals surface area contributed by atoms with Gasteiger partial charge in [0.2, 0.25) is 5.91 Å². The minimum absolute atomic E-state index is 0.178. The largest absolute Gasteiger partial charge is 0.481 e. The third-order valence-corrected chi connectivity index (χ3v) is 3.06. The number of hydrogen-bond acceptors (Lipinski definition) is 3. The van der Waals surface area contributed by atoms with Crippen molar-refractivity contribution < 1.29 is 14.7 Å². The second-order valence-electron chi connectivity index (χ2n) is 4.89. The molecule has 1 amide bonds. The molecule has 3 N–H and O–H groups in total. The summed E-state index contributed by atoms with van der Waals surface area (Å²) in [7, 11) is 0. The molecule has 0 fully saturated rings. The molecule has 20 heavy (non-hydrogen) atoms. The minimum atomic E-state index is -0.774. The van der Waals surface area contributed by atoms with Crippen molar-refractivity contribution in [1.29, 1.82) is 0 Å². The topological polar surface area (TPSA) is 83.6 Å². The first-order chi connectivity index (χ1) is 9.49. The summed E-state index contributed by atoms with van der Waals surface area (Å²) < 4.78 is 0. The normalized spacial score (nSPS) is 10.2. The molecule has 0 saturated heterocycles. The number of benzene rings is 1. The Balaban J connectivity index is 2.60. The highest BCUT2D eigenvalue weighted by Gasteiger charge is 2.08. The Hall–Kier alpha value is -2.04. The lowest BCUT2D eigenvalue weighted by Gasteiger charge is -2.24. The average molecular weight is 278 g/mol. The van der Waals surface area contributed by atoms with Crippen LogP contribution in [-0.2, 0) is 9.59 Å². The highest BCUT2D eigenvalue weighted by Crippen LogP contribution is 2.17. The number of anilines is 1. The second-order valence-corrected chi connectivity index (χ2v) is 4.89. The fourth-order valence-corrected chi connectivity index (χ4v) is 2.02. The number of carbonyl (C=O) groups excluding carboxylic acids is 1. The van der Waals surface area contributed by atoms with Gasteiger partial charge in [0.25, 0.3) is 0 Å². The van der Waals surface area contributed by atoms with Gasteiger partial charge >= 0.3 is 5.97 Å². The van der Waals surface area contributed by atoms with Crippen LogP contribution in [-0.4, -0.2) is 30.1 Å². The molecule has 1 aromatic carbocycles. The van der Waals surface area contributed by atoms with E-state index < -0.39 is 5.97 Å². The molecule has 0 atom stereocenters. The molecule has 0 heterocycles. The number of amides is 1. The molecule has 5 heteroatoms. The molecular weight excluding hydrogens is 256 g/mol. The highest BCUT2D eigenvalue weighted by molar-refractivity contribution is 5.74. The van der Waals surface area contributed by atoms with Crippen LogP contribution in [0.25, 0.3) is 0 Å². The van der Waals surface area contributed by atoms with E-state index in [4.69, 9.17) is 10.8 Å². The van der Waals surface area contributed by atoms with Gasteiger partial charge in [0, 0.05) is 31.6 Å². The third-order valence-electron chi connectivity index (χ3n) is 3.06. The second kappa shape index (κ2) is 8.19. The average Bonchev–Trinajstić information content (AvgIpc) is 2.37. The van der Waals surface area contributed by atoms with E-state index in [1.165, 1.54) is 0 Å². The van der Waals surface area contributed by atoms with E-state index in [9.17, 15) is 9.59 Å². The van der Waals surface area contributed by atoms with Crippen LogP contribution in [0.2, 0.25) is 0 Å². The molecule has 0 saturated carbocycles. The Morgan fingerprint density at radius 1 is 1.20 bits per heavy atom. The highest BCUT2D eigenvalue weighted by atomic mass is 16.4. The SMILES string of the molecule is Cc1cccc(N(CCCCC(=O)O)CCC(N)=O)c1. The van der Waals surface area contributed by atoms with Crippen molar-refractivity contribution in [3.05, 3.63) is 29.8 Å². The molecule has 0 aliphatic rings. The van der Waals surface area contributed by atoms with E-state index in [0.29, 0.717) is 19.4 Å². The first kappa shape index (κ1) is 16.0. The number of rotatable bonds is 9. The van der Waals surface area contributed by atoms with Crippen molar-refractivity contribution in [3.63, 3.8) is 0 Å². The summed E-state index contributed by atoms with van der Waals surface area (Å²) in [4.78, 5) is 23.5. The van der Waals surface area contributed by atoms with E-state index in [1.54, 1.807) is 0 Å². The molecular formula is C15H22N2O3. The summed E-state index contributed by atoms with van der Waals surface area (Å²) in [6.45, 7) is 3.30. The molecule has 0 aliphatic carbocycles. The fourth-order valence-electron chi connectivity index (χ4n) is 2.02. The van der Waals surface area contributed by atoms with E-state index >= 15 is 0 Å². The van der Waals surface area contributed by atoms with Gasteiger partial charge in [0.15, 0.2) is 0 Å². The molecule has 0 radical (unpaired) electrons. The fraction of sp³-hybridized carbons (Fsp3) is 0.467. The lowest BCUT2D eigenvalue weighted by atomic mass is 10.1. The molecule has 0 bridgehead atoms. The maximum atomic E-state index is 10.9. The maximum Gasteiger partial charge on any atom is 0.303 e. The van der Waals surface area contributed by atoms with Crippen LogP contribution in [0.3, 0.4) is 0 Å². The van der Waals surface area contributed by atoms with Crippen LogP contribution < -0.4 is 10.6 Å². The van der Waals surface area contributed by atoms with Gasteiger partial charge in [-0.25, -0.2) is 0 Å². The van der Waals surface area contributed by atoms with Crippen molar-refractivity contribution in [1.82, 2.24) is 0 Å². The Morgan fingerprint density at radius 2 is 1.95 bits per heavy atom. The van der Waals surface area contributed by atoms with Crippen LogP contribution in [0.5, 0.6) is 0 Å². The van der Waals surface area contributed by atoms with Gasteiger partial charge in [0.05, 0.1) is 0 Å². The number of nitrogens with two attached hydrogens (primary N) is 1. The van der Waals surface area contributed by atoms with E-state index in [-0.39, 0.29) is 12.3 Å². The number of carboxylic acid groups (broad SMARTS) is 1. The van der Waals surface area contributed by atoms with Gasteiger partial charge in [-0.1, -0.05) is 12.1 Å². The van der Waals surface area contributed by atoms with Crippen LogP contribution >= 0.6 is 0 Å². The summed E-state index contributed by atoms with van der Waals surface area (Å²) in [5, 5.41) is 8.63. The summed E-state index contributed by atoms with van der Waals surface area (Å²) in [6, 6.07) is 8.03. The van der Waals surface area contributed by atoms with Gasteiger partial charge in [0.1, 0.15) is 0 Å². The van der Waals surface area contributed by atoms with E-state index in [2.05, 4.69) is 11.0 Å². The Morgan fingerprint density at radius 3 is 2.55 bits per heavy atom. The smallest absolute Gasteiger partial charge is 0.303 e. The Bertz CT molecular complexity index is 460. The predicted molar refractivity (Wildman–Crippen MR) is 78.7 cm³/mol. The number of carbonyl (C=O) groups is 2. The molecule has 1 aromatic rings. The van der Waals surface area contributed by atoms with Crippen molar-refractivity contribution >= 4 is 17.6 Å². The van der Waals surface area contributed by atoms with Gasteiger partial charge in [-0.3, -0.25) is 9.59 Å². The summed E-state index contributed by atoms with van der Waals surface area (Å²) >= 11 is 0. The Kier molecular flexibility index (Phi) is 6.56. The van der Waals surface area contributed by atoms with Gasteiger partial charge in [-0.15, -0.1) is 0 Å². The number of aliphatic carboxylic acids is 1. The standard InChI is InChI=1S/C15H22N2O3/c1-12-5-4-6-13(11-12)17(10-8-14(16)18)9-3-2-7-15(19)20/h4-6,11H,2-3,7-10H2,1H3,(H2,16,18)(H,19,20). The molecule has 0 spiro atoms. The van der Waals surface area contributed by atoms with Gasteiger partial charge in [-0.05, 0) is 37.5 Å².